The first kappa shape index (κ1) is 14.5. The van der Waals surface area contributed by atoms with Gasteiger partial charge in [0.15, 0.2) is 0 Å². The zero-order valence-corrected chi connectivity index (χ0v) is 13.5. The highest BCUT2D eigenvalue weighted by Crippen LogP contribution is 2.31. The summed E-state index contributed by atoms with van der Waals surface area (Å²) in [5.41, 5.74) is -0.476. The standard InChI is InChI=1S/C14H22BrNOS/c1-10-3-5-14(17,6-4-10)9-16-8-12-7-13(15)11(2)18-12/h7,10,16-17H,3-6,8-9H2,1-2H3. The molecule has 0 unspecified atom stereocenters. The number of aryl methyl sites for hydroxylation is 1. The van der Waals surface area contributed by atoms with E-state index in [2.05, 4.69) is 41.2 Å². The summed E-state index contributed by atoms with van der Waals surface area (Å²) in [6.07, 6.45) is 4.19. The molecule has 1 saturated carbocycles. The summed E-state index contributed by atoms with van der Waals surface area (Å²) < 4.78 is 1.19. The number of rotatable bonds is 4. The lowest BCUT2D eigenvalue weighted by atomic mass is 9.79. The fraction of sp³-hybridized carbons (Fsp3) is 0.714. The predicted octanol–water partition coefficient (Wildman–Crippen LogP) is 3.85. The van der Waals surface area contributed by atoms with Gasteiger partial charge in [0.2, 0.25) is 0 Å². The number of hydrogen-bond acceptors (Lipinski definition) is 3. The molecule has 2 rings (SSSR count). The molecule has 102 valence electrons. The molecule has 1 aromatic rings. The maximum absolute atomic E-state index is 10.5. The fourth-order valence-electron chi connectivity index (χ4n) is 2.50. The van der Waals surface area contributed by atoms with Crippen LogP contribution in [0.2, 0.25) is 0 Å². The van der Waals surface area contributed by atoms with Crippen molar-refractivity contribution in [2.75, 3.05) is 6.54 Å². The smallest absolute Gasteiger partial charge is 0.0771 e. The van der Waals surface area contributed by atoms with Crippen molar-refractivity contribution >= 4 is 27.3 Å². The van der Waals surface area contributed by atoms with Crippen LogP contribution in [0, 0.1) is 12.8 Å². The van der Waals surface area contributed by atoms with Gasteiger partial charge in [0.1, 0.15) is 0 Å². The van der Waals surface area contributed by atoms with Crippen molar-refractivity contribution in [1.82, 2.24) is 5.32 Å². The van der Waals surface area contributed by atoms with Crippen LogP contribution in [0.3, 0.4) is 0 Å². The van der Waals surface area contributed by atoms with Crippen LogP contribution in [-0.2, 0) is 6.54 Å². The molecule has 1 aliphatic rings. The van der Waals surface area contributed by atoms with Crippen LogP contribution >= 0.6 is 27.3 Å². The Balaban J connectivity index is 1.78. The Hall–Kier alpha value is 0.100. The van der Waals surface area contributed by atoms with Gasteiger partial charge in [-0.1, -0.05) is 6.92 Å². The van der Waals surface area contributed by atoms with Crippen LogP contribution in [0.15, 0.2) is 10.5 Å². The van der Waals surface area contributed by atoms with Crippen LogP contribution in [0.25, 0.3) is 0 Å². The normalized spacial score (nSPS) is 28.6. The Kier molecular flexibility index (Phi) is 4.86. The van der Waals surface area contributed by atoms with Crippen molar-refractivity contribution in [3.8, 4) is 0 Å². The van der Waals surface area contributed by atoms with E-state index in [9.17, 15) is 5.11 Å². The van der Waals surface area contributed by atoms with Crippen molar-refractivity contribution in [3.05, 3.63) is 20.3 Å². The van der Waals surface area contributed by atoms with Gasteiger partial charge in [-0.2, -0.15) is 0 Å². The average Bonchev–Trinajstić information content (AvgIpc) is 2.63. The molecule has 1 aromatic heterocycles. The second kappa shape index (κ2) is 6.04. The largest absolute Gasteiger partial charge is 0.389 e. The molecule has 0 amide bonds. The van der Waals surface area contributed by atoms with E-state index in [0.29, 0.717) is 6.54 Å². The molecule has 0 spiro atoms. The van der Waals surface area contributed by atoms with Crippen LogP contribution in [0.1, 0.15) is 42.4 Å². The maximum Gasteiger partial charge on any atom is 0.0771 e. The van der Waals surface area contributed by atoms with Gasteiger partial charge in [0.05, 0.1) is 5.60 Å². The Morgan fingerprint density at radius 2 is 2.17 bits per heavy atom. The van der Waals surface area contributed by atoms with E-state index in [1.807, 2.05) is 11.3 Å². The minimum atomic E-state index is -0.476. The zero-order chi connectivity index (χ0) is 13.2. The van der Waals surface area contributed by atoms with Gasteiger partial charge >= 0.3 is 0 Å². The molecule has 1 fully saturated rings. The highest BCUT2D eigenvalue weighted by molar-refractivity contribution is 9.10. The third kappa shape index (κ3) is 3.80. The van der Waals surface area contributed by atoms with Gasteiger partial charge in [-0.3, -0.25) is 0 Å². The molecular formula is C14H22BrNOS. The van der Waals surface area contributed by atoms with Gasteiger partial charge in [-0.15, -0.1) is 11.3 Å². The minimum Gasteiger partial charge on any atom is -0.389 e. The Morgan fingerprint density at radius 3 is 2.72 bits per heavy atom. The summed E-state index contributed by atoms with van der Waals surface area (Å²) in [7, 11) is 0. The Labute approximate surface area is 122 Å². The molecule has 18 heavy (non-hydrogen) atoms. The molecule has 2 nitrogen and oxygen atoms in total. The lowest BCUT2D eigenvalue weighted by molar-refractivity contribution is -0.00625. The first-order chi connectivity index (χ1) is 8.48. The molecule has 0 aliphatic heterocycles. The number of hydrogen-bond donors (Lipinski definition) is 2. The third-order valence-electron chi connectivity index (χ3n) is 3.87. The van der Waals surface area contributed by atoms with Crippen LogP contribution < -0.4 is 5.32 Å². The number of halogens is 1. The van der Waals surface area contributed by atoms with Crippen LogP contribution in [0.4, 0.5) is 0 Å². The molecular weight excluding hydrogens is 310 g/mol. The van der Waals surface area contributed by atoms with E-state index in [4.69, 9.17) is 0 Å². The Bertz CT molecular complexity index is 377. The van der Waals surface area contributed by atoms with Gasteiger partial charge in [-0.25, -0.2) is 0 Å². The first-order valence-corrected chi connectivity index (χ1v) is 8.27. The van der Waals surface area contributed by atoms with Gasteiger partial charge in [0, 0.05) is 27.3 Å². The van der Waals surface area contributed by atoms with Crippen LogP contribution in [0.5, 0.6) is 0 Å². The Morgan fingerprint density at radius 1 is 1.50 bits per heavy atom. The van der Waals surface area contributed by atoms with E-state index in [0.717, 1.165) is 38.1 Å². The van der Waals surface area contributed by atoms with Gasteiger partial charge in [-0.05, 0) is 60.5 Å². The van der Waals surface area contributed by atoms with Crippen LogP contribution in [-0.4, -0.2) is 17.3 Å². The lowest BCUT2D eigenvalue weighted by Crippen LogP contribution is -2.43. The molecule has 0 atom stereocenters. The minimum absolute atomic E-state index is 0.476. The molecule has 2 N–H and O–H groups in total. The molecule has 0 radical (unpaired) electrons. The molecule has 1 aliphatic carbocycles. The summed E-state index contributed by atoms with van der Waals surface area (Å²) in [5.74, 6) is 0.779. The van der Waals surface area contributed by atoms with Crippen molar-refractivity contribution in [1.29, 1.82) is 0 Å². The van der Waals surface area contributed by atoms with Gasteiger partial charge in [0.25, 0.3) is 0 Å². The molecule has 1 heterocycles. The molecule has 4 heteroatoms. The van der Waals surface area contributed by atoms with E-state index in [1.54, 1.807) is 0 Å². The number of nitrogens with one attached hydrogen (secondary N) is 1. The number of aliphatic hydroxyl groups is 1. The lowest BCUT2D eigenvalue weighted by Gasteiger charge is -2.35. The summed E-state index contributed by atoms with van der Waals surface area (Å²) >= 11 is 5.34. The molecule has 0 aromatic carbocycles. The number of thiophene rings is 1. The van der Waals surface area contributed by atoms with E-state index in [1.165, 1.54) is 14.2 Å². The monoisotopic (exact) mass is 331 g/mol. The van der Waals surface area contributed by atoms with E-state index < -0.39 is 5.60 Å². The SMILES string of the molecule is Cc1sc(CNCC2(O)CCC(C)CC2)cc1Br. The predicted molar refractivity (Wildman–Crippen MR) is 81.0 cm³/mol. The fourth-order valence-corrected chi connectivity index (χ4v) is 4.07. The third-order valence-corrected chi connectivity index (χ3v) is 6.00. The quantitative estimate of drug-likeness (QED) is 0.878. The van der Waals surface area contributed by atoms with Crippen molar-refractivity contribution < 1.29 is 5.11 Å². The second-order valence-electron chi connectivity index (χ2n) is 5.63. The van der Waals surface area contributed by atoms with Gasteiger partial charge < -0.3 is 10.4 Å². The summed E-state index contributed by atoms with van der Waals surface area (Å²) in [4.78, 5) is 2.64. The molecule has 0 bridgehead atoms. The second-order valence-corrected chi connectivity index (χ2v) is 7.82. The van der Waals surface area contributed by atoms with Crippen molar-refractivity contribution in [2.45, 2.75) is 51.7 Å². The average molecular weight is 332 g/mol. The summed E-state index contributed by atoms with van der Waals surface area (Å²) in [6, 6.07) is 2.17. The van der Waals surface area contributed by atoms with E-state index >= 15 is 0 Å². The summed E-state index contributed by atoms with van der Waals surface area (Å²) in [5, 5.41) is 13.9. The first-order valence-electron chi connectivity index (χ1n) is 6.66. The maximum atomic E-state index is 10.5. The zero-order valence-electron chi connectivity index (χ0n) is 11.1. The van der Waals surface area contributed by atoms with Crippen molar-refractivity contribution in [3.63, 3.8) is 0 Å². The van der Waals surface area contributed by atoms with E-state index in [-0.39, 0.29) is 0 Å². The van der Waals surface area contributed by atoms with Crippen molar-refractivity contribution in [2.24, 2.45) is 5.92 Å². The topological polar surface area (TPSA) is 32.3 Å². The highest BCUT2D eigenvalue weighted by atomic mass is 79.9. The highest BCUT2D eigenvalue weighted by Gasteiger charge is 2.31. The molecule has 0 saturated heterocycles. The summed E-state index contributed by atoms with van der Waals surface area (Å²) in [6.45, 7) is 5.97.